The number of carbonyl (C=O) groups is 3. The molecule has 11 heteroatoms. The summed E-state index contributed by atoms with van der Waals surface area (Å²) in [6, 6.07) is 2.36. The highest BCUT2D eigenvalue weighted by molar-refractivity contribution is 6.29. The minimum Gasteiger partial charge on any atom is -0.444 e. The van der Waals surface area contributed by atoms with E-state index in [1.807, 2.05) is 0 Å². The van der Waals surface area contributed by atoms with Crippen molar-refractivity contribution in [3.63, 3.8) is 0 Å². The van der Waals surface area contributed by atoms with E-state index in [4.69, 9.17) is 21.1 Å². The van der Waals surface area contributed by atoms with Crippen LogP contribution in [0.15, 0.2) is 18.3 Å². The molecule has 10 nitrogen and oxygen atoms in total. The largest absolute Gasteiger partial charge is 0.444 e. The maximum Gasteiger partial charge on any atom is 0.408 e. The number of aliphatic hydroxyl groups excluding tert-OH is 1. The third kappa shape index (κ3) is 13.5. The molecule has 1 rings (SSSR count). The van der Waals surface area contributed by atoms with E-state index in [-0.39, 0.29) is 25.9 Å². The Balaban J connectivity index is 2.66. The van der Waals surface area contributed by atoms with Gasteiger partial charge in [0.1, 0.15) is 22.4 Å². The number of aliphatic hydroxyl groups is 1. The highest BCUT2D eigenvalue weighted by Crippen LogP contribution is 2.10. The van der Waals surface area contributed by atoms with Crippen molar-refractivity contribution in [1.29, 1.82) is 0 Å². The molecular weight excluding hydrogens is 452 g/mol. The monoisotopic (exact) mass is 486 g/mol. The fourth-order valence-corrected chi connectivity index (χ4v) is 2.63. The molecule has 33 heavy (non-hydrogen) atoms. The molecule has 1 heterocycles. The second-order valence-corrected chi connectivity index (χ2v) is 9.91. The van der Waals surface area contributed by atoms with Crippen LogP contribution in [-0.2, 0) is 20.8 Å². The Kier molecular flexibility index (Phi) is 10.9. The molecule has 0 aromatic carbocycles. The van der Waals surface area contributed by atoms with Crippen LogP contribution in [0.4, 0.5) is 9.59 Å². The lowest BCUT2D eigenvalue weighted by atomic mass is 10.1. The van der Waals surface area contributed by atoms with Gasteiger partial charge in [-0.2, -0.15) is 0 Å². The van der Waals surface area contributed by atoms with E-state index >= 15 is 0 Å². The number of rotatable bonds is 9. The summed E-state index contributed by atoms with van der Waals surface area (Å²) < 4.78 is 10.4. The number of nitrogens with zero attached hydrogens (tertiary/aromatic N) is 1. The molecule has 0 saturated heterocycles. The van der Waals surface area contributed by atoms with Gasteiger partial charge in [0.25, 0.3) is 0 Å². The minimum absolute atomic E-state index is 0.0634. The number of pyridine rings is 1. The van der Waals surface area contributed by atoms with Gasteiger partial charge < -0.3 is 30.5 Å². The zero-order valence-electron chi connectivity index (χ0n) is 20.0. The fraction of sp³-hybridized carbons (Fsp3) is 0.636. The van der Waals surface area contributed by atoms with Crippen LogP contribution in [-0.4, -0.2) is 58.1 Å². The van der Waals surface area contributed by atoms with E-state index in [1.165, 1.54) is 6.20 Å². The Morgan fingerprint density at radius 1 is 1.00 bits per heavy atom. The van der Waals surface area contributed by atoms with Gasteiger partial charge >= 0.3 is 12.2 Å². The van der Waals surface area contributed by atoms with Crippen LogP contribution in [0.1, 0.15) is 59.9 Å². The summed E-state index contributed by atoms with van der Waals surface area (Å²) in [4.78, 5) is 40.6. The van der Waals surface area contributed by atoms with Gasteiger partial charge in [-0.05, 0) is 66.0 Å². The van der Waals surface area contributed by atoms with Gasteiger partial charge in [-0.3, -0.25) is 4.79 Å². The Morgan fingerprint density at radius 3 is 2.15 bits per heavy atom. The minimum atomic E-state index is -0.962. The summed E-state index contributed by atoms with van der Waals surface area (Å²) in [5, 5.41) is 18.3. The normalized spacial score (nSPS) is 13.5. The van der Waals surface area contributed by atoms with Gasteiger partial charge in [0.05, 0.1) is 6.10 Å². The molecule has 1 aromatic heterocycles. The number of ether oxygens (including phenoxy) is 2. The van der Waals surface area contributed by atoms with E-state index in [0.29, 0.717) is 5.15 Å². The van der Waals surface area contributed by atoms with E-state index in [2.05, 4.69) is 20.9 Å². The smallest absolute Gasteiger partial charge is 0.408 e. The predicted molar refractivity (Wildman–Crippen MR) is 124 cm³/mol. The lowest BCUT2D eigenvalue weighted by Gasteiger charge is -2.24. The van der Waals surface area contributed by atoms with Gasteiger partial charge in [-0.1, -0.05) is 17.7 Å². The third-order valence-corrected chi connectivity index (χ3v) is 4.16. The predicted octanol–water partition coefficient (Wildman–Crippen LogP) is 2.91. The number of hydrogen-bond acceptors (Lipinski definition) is 7. The average Bonchev–Trinajstić information content (AvgIpc) is 2.66. The first kappa shape index (κ1) is 28.4. The number of nitrogens with one attached hydrogen (secondary N) is 3. The molecule has 3 amide bonds. The van der Waals surface area contributed by atoms with Gasteiger partial charge in [0, 0.05) is 19.3 Å². The molecule has 1 aromatic rings. The number of hydrogen-bond donors (Lipinski definition) is 4. The van der Waals surface area contributed by atoms with Crippen molar-refractivity contribution < 1.29 is 29.0 Å². The Labute approximate surface area is 199 Å². The van der Waals surface area contributed by atoms with Crippen molar-refractivity contribution >= 4 is 29.7 Å². The summed E-state index contributed by atoms with van der Waals surface area (Å²) in [6.45, 7) is 10.4. The lowest BCUT2D eigenvalue weighted by Crippen LogP contribution is -2.48. The number of halogens is 1. The van der Waals surface area contributed by atoms with Crippen molar-refractivity contribution in [3.05, 3.63) is 29.0 Å². The van der Waals surface area contributed by atoms with Crippen molar-refractivity contribution in [1.82, 2.24) is 20.9 Å². The molecule has 0 spiro atoms. The SMILES string of the molecule is CC(C)(C)OC(=O)NCC(O)CCC(NC(=O)OC(C)(C)C)C(=O)NCc1ccc(Cl)nc1. The van der Waals surface area contributed by atoms with E-state index < -0.39 is 41.4 Å². The van der Waals surface area contributed by atoms with Gasteiger partial charge in [0.15, 0.2) is 0 Å². The molecule has 0 aliphatic carbocycles. The molecule has 2 atom stereocenters. The highest BCUT2D eigenvalue weighted by Gasteiger charge is 2.25. The second-order valence-electron chi connectivity index (χ2n) is 9.52. The van der Waals surface area contributed by atoms with Crippen LogP contribution in [0.5, 0.6) is 0 Å². The van der Waals surface area contributed by atoms with Crippen LogP contribution in [0.2, 0.25) is 5.15 Å². The van der Waals surface area contributed by atoms with Gasteiger partial charge in [-0.25, -0.2) is 14.6 Å². The summed E-state index contributed by atoms with van der Waals surface area (Å²) >= 11 is 5.76. The average molecular weight is 487 g/mol. The molecule has 0 bridgehead atoms. The van der Waals surface area contributed by atoms with Crippen LogP contribution in [0, 0.1) is 0 Å². The zero-order valence-corrected chi connectivity index (χ0v) is 20.8. The van der Waals surface area contributed by atoms with E-state index in [1.54, 1.807) is 53.7 Å². The van der Waals surface area contributed by atoms with Crippen LogP contribution in [0.25, 0.3) is 0 Å². The summed E-state index contributed by atoms with van der Waals surface area (Å²) in [5.41, 5.74) is -0.670. The number of aromatic nitrogens is 1. The molecule has 0 saturated carbocycles. The second kappa shape index (κ2) is 12.6. The van der Waals surface area contributed by atoms with Gasteiger partial charge in [0.2, 0.25) is 5.91 Å². The zero-order chi connectivity index (χ0) is 25.2. The van der Waals surface area contributed by atoms with Crippen molar-refractivity contribution in [2.24, 2.45) is 0 Å². The summed E-state index contributed by atoms with van der Waals surface area (Å²) in [5.74, 6) is -0.455. The van der Waals surface area contributed by atoms with Gasteiger partial charge in [-0.15, -0.1) is 0 Å². The van der Waals surface area contributed by atoms with Crippen LogP contribution >= 0.6 is 11.6 Å². The first-order valence-electron chi connectivity index (χ1n) is 10.7. The fourth-order valence-electron chi connectivity index (χ4n) is 2.52. The highest BCUT2D eigenvalue weighted by atomic mass is 35.5. The third-order valence-electron chi connectivity index (χ3n) is 3.93. The summed E-state index contributed by atoms with van der Waals surface area (Å²) in [6.07, 6.45) is -0.580. The summed E-state index contributed by atoms with van der Waals surface area (Å²) in [7, 11) is 0. The molecule has 0 radical (unpaired) electrons. The molecule has 0 aliphatic rings. The maximum atomic E-state index is 12.7. The van der Waals surface area contributed by atoms with Crippen molar-refractivity contribution in [2.45, 2.75) is 84.3 Å². The molecule has 0 aliphatic heterocycles. The first-order chi connectivity index (χ1) is 15.1. The standard InChI is InChI=1S/C22H35ClN4O6/c1-21(2,3)32-19(30)26-13-15(28)8-9-16(27-20(31)33-22(4,5)6)18(29)25-12-14-7-10-17(23)24-11-14/h7,10-11,15-16,28H,8-9,12-13H2,1-6H3,(H,25,29)(H,26,30)(H,27,31). The Morgan fingerprint density at radius 2 is 1.61 bits per heavy atom. The van der Waals surface area contributed by atoms with E-state index in [9.17, 15) is 19.5 Å². The first-order valence-corrected chi connectivity index (χ1v) is 11.0. The molecule has 0 fully saturated rings. The molecule has 186 valence electrons. The van der Waals surface area contributed by atoms with Crippen LogP contribution in [0.3, 0.4) is 0 Å². The maximum absolute atomic E-state index is 12.7. The Hall–Kier alpha value is -2.59. The topological polar surface area (TPSA) is 139 Å². The number of carbonyl (C=O) groups excluding carboxylic acids is 3. The molecule has 4 N–H and O–H groups in total. The Bertz CT molecular complexity index is 790. The van der Waals surface area contributed by atoms with Crippen molar-refractivity contribution in [2.75, 3.05) is 6.54 Å². The number of alkyl carbamates (subject to hydrolysis) is 2. The van der Waals surface area contributed by atoms with E-state index in [0.717, 1.165) is 5.56 Å². The van der Waals surface area contributed by atoms with Crippen LogP contribution < -0.4 is 16.0 Å². The number of amides is 3. The lowest BCUT2D eigenvalue weighted by molar-refractivity contribution is -0.123. The quantitative estimate of drug-likeness (QED) is 0.393. The molecular formula is C22H35ClN4O6. The van der Waals surface area contributed by atoms with Crippen molar-refractivity contribution in [3.8, 4) is 0 Å². The molecule has 2 unspecified atom stereocenters.